The van der Waals surface area contributed by atoms with Gasteiger partial charge in [-0.1, -0.05) is 19.1 Å². The Morgan fingerprint density at radius 2 is 2.08 bits per heavy atom. The number of nitriles is 1. The van der Waals surface area contributed by atoms with Crippen molar-refractivity contribution in [3.8, 4) is 11.9 Å². The fourth-order valence-electron chi connectivity index (χ4n) is 3.17. The van der Waals surface area contributed by atoms with Crippen LogP contribution in [-0.2, 0) is 6.61 Å². The highest BCUT2D eigenvalue weighted by Crippen LogP contribution is 2.27. The molecule has 0 amide bonds. The zero-order chi connectivity index (χ0) is 17.6. The summed E-state index contributed by atoms with van der Waals surface area (Å²) in [6.45, 7) is 5.59. The van der Waals surface area contributed by atoms with Crippen molar-refractivity contribution in [2.24, 2.45) is 0 Å². The number of benzene rings is 1. The van der Waals surface area contributed by atoms with E-state index in [1.807, 2.05) is 18.2 Å². The van der Waals surface area contributed by atoms with Crippen molar-refractivity contribution in [1.29, 1.82) is 5.26 Å². The van der Waals surface area contributed by atoms with Gasteiger partial charge in [-0.05, 0) is 50.7 Å². The van der Waals surface area contributed by atoms with Gasteiger partial charge in [0.2, 0.25) is 5.88 Å². The quantitative estimate of drug-likeness (QED) is 0.830. The summed E-state index contributed by atoms with van der Waals surface area (Å²) in [6.07, 6.45) is 2.21. The number of nitrogens with zero attached hydrogens (tertiary/aromatic N) is 3. The second-order valence-electron chi connectivity index (χ2n) is 6.32. The van der Waals surface area contributed by atoms with Gasteiger partial charge in [-0.2, -0.15) is 5.26 Å². The van der Waals surface area contributed by atoms with Gasteiger partial charge in [0.1, 0.15) is 12.4 Å². The number of aromatic nitrogens is 1. The van der Waals surface area contributed by atoms with Crippen LogP contribution < -0.4 is 4.74 Å². The van der Waals surface area contributed by atoms with Crippen LogP contribution in [0.15, 0.2) is 36.4 Å². The minimum absolute atomic E-state index is 0.0995. The van der Waals surface area contributed by atoms with Gasteiger partial charge in [-0.15, -0.1) is 0 Å². The molecule has 4 nitrogen and oxygen atoms in total. The Hall–Kier alpha value is -2.45. The first-order valence-corrected chi connectivity index (χ1v) is 8.70. The molecule has 0 unspecified atom stereocenters. The number of rotatable bonds is 5. The van der Waals surface area contributed by atoms with Crippen molar-refractivity contribution < 1.29 is 9.13 Å². The van der Waals surface area contributed by atoms with E-state index < -0.39 is 5.82 Å². The fourth-order valence-corrected chi connectivity index (χ4v) is 3.17. The molecular weight excluding hydrogens is 317 g/mol. The van der Waals surface area contributed by atoms with Gasteiger partial charge in [-0.25, -0.2) is 9.37 Å². The topological polar surface area (TPSA) is 49.1 Å². The first kappa shape index (κ1) is 17.4. The molecule has 0 saturated carbocycles. The third-order valence-corrected chi connectivity index (χ3v) is 4.76. The predicted octanol–water partition coefficient (Wildman–Crippen LogP) is 3.87. The normalized spacial score (nSPS) is 15.7. The number of pyridine rings is 1. The maximum absolute atomic E-state index is 13.9. The SMILES string of the molecule is CCN1CCC(c2cccc(OCc3ccc(C#N)cc3F)n2)CC1. The molecule has 130 valence electrons. The fraction of sp³-hybridized carbons (Fsp3) is 0.400. The molecule has 25 heavy (non-hydrogen) atoms. The molecule has 2 aromatic rings. The molecule has 0 atom stereocenters. The Bertz CT molecular complexity index is 764. The second-order valence-corrected chi connectivity index (χ2v) is 6.32. The van der Waals surface area contributed by atoms with Gasteiger partial charge < -0.3 is 9.64 Å². The van der Waals surface area contributed by atoms with Crippen molar-refractivity contribution in [3.05, 3.63) is 59.0 Å². The average Bonchev–Trinajstić information content (AvgIpc) is 2.67. The van der Waals surface area contributed by atoms with Crippen LogP contribution >= 0.6 is 0 Å². The van der Waals surface area contributed by atoms with E-state index in [0.29, 0.717) is 22.9 Å². The summed E-state index contributed by atoms with van der Waals surface area (Å²) in [4.78, 5) is 7.06. The Morgan fingerprint density at radius 3 is 2.76 bits per heavy atom. The average molecular weight is 339 g/mol. The van der Waals surface area contributed by atoms with Crippen LogP contribution in [0.4, 0.5) is 4.39 Å². The number of hydrogen-bond acceptors (Lipinski definition) is 4. The van der Waals surface area contributed by atoms with Gasteiger partial charge in [0.05, 0.1) is 11.6 Å². The van der Waals surface area contributed by atoms with Crippen LogP contribution in [0.2, 0.25) is 0 Å². The zero-order valence-corrected chi connectivity index (χ0v) is 14.4. The smallest absolute Gasteiger partial charge is 0.213 e. The third-order valence-electron chi connectivity index (χ3n) is 4.76. The lowest BCUT2D eigenvalue weighted by Crippen LogP contribution is -2.32. The van der Waals surface area contributed by atoms with E-state index in [0.717, 1.165) is 38.2 Å². The highest BCUT2D eigenvalue weighted by atomic mass is 19.1. The minimum atomic E-state index is -0.429. The number of ether oxygens (including phenoxy) is 1. The maximum Gasteiger partial charge on any atom is 0.213 e. The maximum atomic E-state index is 13.9. The Kier molecular flexibility index (Phi) is 5.62. The van der Waals surface area contributed by atoms with E-state index in [-0.39, 0.29) is 6.61 Å². The predicted molar refractivity (Wildman–Crippen MR) is 93.8 cm³/mol. The summed E-state index contributed by atoms with van der Waals surface area (Å²) in [5.41, 5.74) is 1.77. The summed E-state index contributed by atoms with van der Waals surface area (Å²) >= 11 is 0. The van der Waals surface area contributed by atoms with E-state index in [1.54, 1.807) is 18.2 Å². The molecular formula is C20H22FN3O. The minimum Gasteiger partial charge on any atom is -0.473 e. The summed E-state index contributed by atoms with van der Waals surface area (Å²) in [5.74, 6) is 0.541. The van der Waals surface area contributed by atoms with E-state index in [2.05, 4.69) is 16.8 Å². The van der Waals surface area contributed by atoms with Gasteiger partial charge in [0.25, 0.3) is 0 Å². The summed E-state index contributed by atoms with van der Waals surface area (Å²) < 4.78 is 19.6. The number of piperidine rings is 1. The van der Waals surface area contributed by atoms with Crippen LogP contribution in [0.1, 0.15) is 42.5 Å². The van der Waals surface area contributed by atoms with Crippen molar-refractivity contribution in [2.45, 2.75) is 32.3 Å². The highest BCUT2D eigenvalue weighted by molar-refractivity contribution is 5.32. The van der Waals surface area contributed by atoms with Crippen molar-refractivity contribution in [2.75, 3.05) is 19.6 Å². The lowest BCUT2D eigenvalue weighted by molar-refractivity contribution is 0.219. The molecule has 1 aromatic carbocycles. The lowest BCUT2D eigenvalue weighted by atomic mass is 9.93. The van der Waals surface area contributed by atoms with Crippen LogP contribution in [-0.4, -0.2) is 29.5 Å². The molecule has 0 spiro atoms. The van der Waals surface area contributed by atoms with Crippen molar-refractivity contribution in [3.63, 3.8) is 0 Å². The van der Waals surface area contributed by atoms with Crippen LogP contribution in [0.3, 0.4) is 0 Å². The van der Waals surface area contributed by atoms with Crippen LogP contribution in [0.25, 0.3) is 0 Å². The molecule has 1 saturated heterocycles. The summed E-state index contributed by atoms with van der Waals surface area (Å²) in [5, 5.41) is 8.79. The monoisotopic (exact) mass is 339 g/mol. The molecule has 1 aromatic heterocycles. The molecule has 3 rings (SSSR count). The Labute approximate surface area is 147 Å². The van der Waals surface area contributed by atoms with E-state index >= 15 is 0 Å². The number of hydrogen-bond donors (Lipinski definition) is 0. The lowest BCUT2D eigenvalue weighted by Gasteiger charge is -2.30. The Morgan fingerprint density at radius 1 is 1.28 bits per heavy atom. The molecule has 5 heteroatoms. The highest BCUT2D eigenvalue weighted by Gasteiger charge is 2.20. The van der Waals surface area contributed by atoms with Gasteiger partial charge in [-0.3, -0.25) is 0 Å². The molecule has 0 radical (unpaired) electrons. The Balaban J connectivity index is 1.63. The van der Waals surface area contributed by atoms with Gasteiger partial charge in [0.15, 0.2) is 0 Å². The summed E-state index contributed by atoms with van der Waals surface area (Å²) in [6, 6.07) is 12.1. The molecule has 0 N–H and O–H groups in total. The van der Waals surface area contributed by atoms with Crippen LogP contribution in [0.5, 0.6) is 5.88 Å². The largest absolute Gasteiger partial charge is 0.473 e. The number of likely N-dealkylation sites (tertiary alicyclic amines) is 1. The zero-order valence-electron chi connectivity index (χ0n) is 14.4. The molecule has 0 bridgehead atoms. The molecule has 2 heterocycles. The van der Waals surface area contributed by atoms with Gasteiger partial charge in [0, 0.05) is 23.2 Å². The first-order valence-electron chi connectivity index (χ1n) is 8.70. The molecule has 1 aliphatic rings. The second kappa shape index (κ2) is 8.09. The van der Waals surface area contributed by atoms with Crippen molar-refractivity contribution >= 4 is 0 Å². The number of halogens is 1. The molecule has 1 aliphatic heterocycles. The molecule has 0 aliphatic carbocycles. The third kappa shape index (κ3) is 4.34. The van der Waals surface area contributed by atoms with Crippen LogP contribution in [0, 0.1) is 17.1 Å². The van der Waals surface area contributed by atoms with E-state index in [1.165, 1.54) is 6.07 Å². The van der Waals surface area contributed by atoms with E-state index in [9.17, 15) is 4.39 Å². The van der Waals surface area contributed by atoms with E-state index in [4.69, 9.17) is 10.00 Å². The summed E-state index contributed by atoms with van der Waals surface area (Å²) in [7, 11) is 0. The molecule has 1 fully saturated rings. The van der Waals surface area contributed by atoms with Crippen molar-refractivity contribution in [1.82, 2.24) is 9.88 Å². The first-order chi connectivity index (χ1) is 12.2. The van der Waals surface area contributed by atoms with Gasteiger partial charge >= 0.3 is 0 Å². The standard InChI is InChI=1S/C20H22FN3O/c1-2-24-10-8-16(9-11-24)19-4-3-5-20(23-19)25-14-17-7-6-15(13-22)12-18(17)21/h3-7,12,16H,2,8-11,14H2,1H3.